The predicted octanol–water partition coefficient (Wildman–Crippen LogP) is 1.95. The molecule has 3 aromatic rings. The monoisotopic (exact) mass is 410 g/mol. The fourth-order valence-corrected chi connectivity index (χ4v) is 3.86. The normalized spacial score (nSPS) is 14.7. The maximum absolute atomic E-state index is 12.6. The topological polar surface area (TPSA) is 105 Å². The minimum absolute atomic E-state index is 0.0192. The van der Waals surface area contributed by atoms with Gasteiger partial charge in [-0.1, -0.05) is 6.07 Å². The van der Waals surface area contributed by atoms with Gasteiger partial charge in [0.25, 0.3) is 0 Å². The SMILES string of the molecule is COc1ccc(CCNC(=O)C2CCN(c3ncnc4nc[nH]c34)CC2)cc1OC. The maximum atomic E-state index is 12.6. The van der Waals surface area contributed by atoms with E-state index in [2.05, 4.69) is 30.2 Å². The number of carbonyl (C=O) groups is 1. The number of amides is 1. The number of rotatable bonds is 7. The molecule has 1 saturated heterocycles. The van der Waals surface area contributed by atoms with Crippen LogP contribution in [0.25, 0.3) is 11.2 Å². The number of ether oxygens (including phenoxy) is 2. The lowest BCUT2D eigenvalue weighted by atomic mass is 9.95. The Labute approximate surface area is 174 Å². The number of anilines is 1. The summed E-state index contributed by atoms with van der Waals surface area (Å²) in [5.74, 6) is 2.39. The highest BCUT2D eigenvalue weighted by molar-refractivity contribution is 5.83. The molecule has 3 heterocycles. The largest absolute Gasteiger partial charge is 0.493 e. The van der Waals surface area contributed by atoms with Gasteiger partial charge >= 0.3 is 0 Å². The summed E-state index contributed by atoms with van der Waals surface area (Å²) in [7, 11) is 3.24. The third-order valence-corrected chi connectivity index (χ3v) is 5.53. The number of nitrogens with one attached hydrogen (secondary N) is 2. The molecule has 2 aromatic heterocycles. The van der Waals surface area contributed by atoms with Gasteiger partial charge in [0.2, 0.25) is 5.91 Å². The zero-order valence-electron chi connectivity index (χ0n) is 17.2. The number of benzene rings is 1. The first-order valence-corrected chi connectivity index (χ1v) is 10.1. The summed E-state index contributed by atoms with van der Waals surface area (Å²) in [6, 6.07) is 5.82. The van der Waals surface area contributed by atoms with E-state index in [1.165, 1.54) is 6.33 Å². The molecular weight excluding hydrogens is 384 g/mol. The van der Waals surface area contributed by atoms with Gasteiger partial charge in [-0.15, -0.1) is 0 Å². The number of imidazole rings is 1. The molecule has 0 spiro atoms. The van der Waals surface area contributed by atoms with Gasteiger partial charge in [0.15, 0.2) is 23.0 Å². The number of aromatic nitrogens is 4. The fraction of sp³-hybridized carbons (Fsp3) is 0.429. The molecule has 30 heavy (non-hydrogen) atoms. The number of fused-ring (bicyclic) bond motifs is 1. The standard InChI is InChI=1S/C21H26N6O3/c1-29-16-4-3-14(11-17(16)30-2)5-8-22-21(28)15-6-9-27(10-7-15)20-18-19(24-12-23-18)25-13-26-20/h3-4,11-13,15H,5-10H2,1-2H3,(H,22,28)(H,23,24,25,26). The lowest BCUT2D eigenvalue weighted by molar-refractivity contribution is -0.125. The number of nitrogens with zero attached hydrogens (tertiary/aromatic N) is 4. The highest BCUT2D eigenvalue weighted by Gasteiger charge is 2.26. The number of H-pyrrole nitrogens is 1. The van der Waals surface area contributed by atoms with Crippen molar-refractivity contribution < 1.29 is 14.3 Å². The molecule has 1 aliphatic heterocycles. The third kappa shape index (κ3) is 4.14. The molecule has 0 bridgehead atoms. The van der Waals surface area contributed by atoms with Crippen LogP contribution >= 0.6 is 0 Å². The lowest BCUT2D eigenvalue weighted by Crippen LogP contribution is -2.41. The van der Waals surface area contributed by atoms with Gasteiger partial charge in [-0.2, -0.15) is 0 Å². The van der Waals surface area contributed by atoms with E-state index in [0.29, 0.717) is 23.7 Å². The third-order valence-electron chi connectivity index (χ3n) is 5.53. The molecule has 1 aliphatic rings. The molecule has 0 unspecified atom stereocenters. The summed E-state index contributed by atoms with van der Waals surface area (Å²) in [5, 5.41) is 3.08. The molecule has 0 saturated carbocycles. The van der Waals surface area contributed by atoms with Crippen molar-refractivity contribution >= 4 is 22.9 Å². The second-order valence-electron chi connectivity index (χ2n) is 7.29. The average Bonchev–Trinajstić information content (AvgIpc) is 3.28. The quantitative estimate of drug-likeness (QED) is 0.613. The Morgan fingerprint density at radius 1 is 1.17 bits per heavy atom. The second-order valence-corrected chi connectivity index (χ2v) is 7.29. The zero-order chi connectivity index (χ0) is 20.9. The molecule has 1 amide bonds. The minimum Gasteiger partial charge on any atom is -0.493 e. The van der Waals surface area contributed by atoms with E-state index in [4.69, 9.17) is 9.47 Å². The molecule has 4 rings (SSSR count). The molecule has 9 nitrogen and oxygen atoms in total. The van der Waals surface area contributed by atoms with Gasteiger partial charge in [-0.25, -0.2) is 15.0 Å². The van der Waals surface area contributed by atoms with Gasteiger partial charge in [0.05, 0.1) is 20.5 Å². The van der Waals surface area contributed by atoms with Crippen molar-refractivity contribution in [2.75, 3.05) is 38.8 Å². The van der Waals surface area contributed by atoms with Crippen LogP contribution in [0.5, 0.6) is 11.5 Å². The van der Waals surface area contributed by atoms with Gasteiger partial charge in [-0.3, -0.25) is 4.79 Å². The van der Waals surface area contributed by atoms with Crippen LogP contribution in [0.2, 0.25) is 0 Å². The molecule has 0 radical (unpaired) electrons. The molecule has 158 valence electrons. The molecule has 1 aromatic carbocycles. The Hall–Kier alpha value is -3.36. The van der Waals surface area contributed by atoms with Crippen molar-refractivity contribution in [2.24, 2.45) is 5.92 Å². The predicted molar refractivity (Wildman–Crippen MR) is 113 cm³/mol. The van der Waals surface area contributed by atoms with Gasteiger partial charge < -0.3 is 24.7 Å². The van der Waals surface area contributed by atoms with Crippen molar-refractivity contribution in [3.8, 4) is 11.5 Å². The number of piperidine rings is 1. The van der Waals surface area contributed by atoms with E-state index in [0.717, 1.165) is 49.2 Å². The Balaban J connectivity index is 1.27. The van der Waals surface area contributed by atoms with Crippen LogP contribution in [0.4, 0.5) is 5.82 Å². The summed E-state index contributed by atoms with van der Waals surface area (Å²) >= 11 is 0. The van der Waals surface area contributed by atoms with Crippen LogP contribution < -0.4 is 19.7 Å². The molecular formula is C21H26N6O3. The first-order chi connectivity index (χ1) is 14.7. The Morgan fingerprint density at radius 3 is 2.73 bits per heavy atom. The smallest absolute Gasteiger partial charge is 0.223 e. The van der Waals surface area contributed by atoms with Crippen molar-refractivity contribution in [1.29, 1.82) is 0 Å². The van der Waals surface area contributed by atoms with Crippen molar-refractivity contribution in [1.82, 2.24) is 25.3 Å². The minimum atomic E-state index is 0.0192. The second kappa shape index (κ2) is 8.98. The van der Waals surface area contributed by atoms with Gasteiger partial charge in [0.1, 0.15) is 11.8 Å². The molecule has 2 N–H and O–H groups in total. The highest BCUT2D eigenvalue weighted by atomic mass is 16.5. The summed E-state index contributed by atoms with van der Waals surface area (Å²) in [5.41, 5.74) is 2.60. The molecule has 9 heteroatoms. The van der Waals surface area contributed by atoms with E-state index in [9.17, 15) is 4.79 Å². The summed E-state index contributed by atoms with van der Waals surface area (Å²) in [6.45, 7) is 2.15. The maximum Gasteiger partial charge on any atom is 0.223 e. The van der Waals surface area contributed by atoms with E-state index in [1.54, 1.807) is 20.5 Å². The van der Waals surface area contributed by atoms with Crippen LogP contribution in [0.15, 0.2) is 30.9 Å². The van der Waals surface area contributed by atoms with Gasteiger partial charge in [0, 0.05) is 25.6 Å². The molecule has 1 fully saturated rings. The number of hydrogen-bond acceptors (Lipinski definition) is 7. The van der Waals surface area contributed by atoms with Crippen LogP contribution in [0, 0.1) is 5.92 Å². The summed E-state index contributed by atoms with van der Waals surface area (Å²) in [6.07, 6.45) is 5.49. The lowest BCUT2D eigenvalue weighted by Gasteiger charge is -2.32. The number of carbonyl (C=O) groups excluding carboxylic acids is 1. The van der Waals surface area contributed by atoms with E-state index in [-0.39, 0.29) is 11.8 Å². The van der Waals surface area contributed by atoms with Crippen LogP contribution in [0.3, 0.4) is 0 Å². The fourth-order valence-electron chi connectivity index (χ4n) is 3.86. The van der Waals surface area contributed by atoms with Crippen LogP contribution in [-0.4, -0.2) is 59.7 Å². The van der Waals surface area contributed by atoms with Crippen molar-refractivity contribution in [3.05, 3.63) is 36.4 Å². The number of aromatic amines is 1. The first-order valence-electron chi connectivity index (χ1n) is 10.1. The summed E-state index contributed by atoms with van der Waals surface area (Å²) < 4.78 is 10.6. The van der Waals surface area contributed by atoms with E-state index in [1.807, 2.05) is 18.2 Å². The average molecular weight is 410 g/mol. The first kappa shape index (κ1) is 19.9. The Kier molecular flexibility index (Phi) is 5.97. The Bertz CT molecular complexity index is 1010. The van der Waals surface area contributed by atoms with Crippen molar-refractivity contribution in [3.63, 3.8) is 0 Å². The van der Waals surface area contributed by atoms with Crippen LogP contribution in [0.1, 0.15) is 18.4 Å². The molecule has 0 atom stereocenters. The molecule has 0 aliphatic carbocycles. The highest BCUT2D eigenvalue weighted by Crippen LogP contribution is 2.28. The van der Waals surface area contributed by atoms with E-state index < -0.39 is 0 Å². The van der Waals surface area contributed by atoms with Crippen LogP contribution in [-0.2, 0) is 11.2 Å². The Morgan fingerprint density at radius 2 is 1.97 bits per heavy atom. The zero-order valence-corrected chi connectivity index (χ0v) is 17.2. The van der Waals surface area contributed by atoms with Gasteiger partial charge in [-0.05, 0) is 37.0 Å². The number of hydrogen-bond donors (Lipinski definition) is 2. The number of methoxy groups -OCH3 is 2. The summed E-state index contributed by atoms with van der Waals surface area (Å²) in [4.78, 5) is 30.7. The van der Waals surface area contributed by atoms with Crippen molar-refractivity contribution in [2.45, 2.75) is 19.3 Å². The van der Waals surface area contributed by atoms with E-state index >= 15 is 0 Å².